The van der Waals surface area contributed by atoms with Crippen molar-refractivity contribution in [3.8, 4) is 0 Å². The van der Waals surface area contributed by atoms with Gasteiger partial charge >= 0.3 is 0 Å². The van der Waals surface area contributed by atoms with Crippen molar-refractivity contribution in [3.63, 3.8) is 0 Å². The third-order valence-corrected chi connectivity index (χ3v) is 6.81. The fraction of sp³-hybridized carbons (Fsp3) is 0.875. The Labute approximate surface area is 144 Å². The van der Waals surface area contributed by atoms with Crippen molar-refractivity contribution in [1.82, 2.24) is 14.1 Å². The van der Waals surface area contributed by atoms with Crippen molar-refractivity contribution in [2.45, 2.75) is 44.6 Å². The van der Waals surface area contributed by atoms with E-state index in [-0.39, 0.29) is 17.7 Å². The quantitative estimate of drug-likeness (QED) is 0.726. The van der Waals surface area contributed by atoms with E-state index in [0.717, 1.165) is 38.4 Å². The van der Waals surface area contributed by atoms with Crippen LogP contribution in [0.15, 0.2) is 0 Å². The lowest BCUT2D eigenvalue weighted by Gasteiger charge is -2.37. The lowest BCUT2D eigenvalue weighted by Crippen LogP contribution is -2.55. The van der Waals surface area contributed by atoms with E-state index in [4.69, 9.17) is 0 Å². The van der Waals surface area contributed by atoms with E-state index in [2.05, 4.69) is 0 Å². The summed E-state index contributed by atoms with van der Waals surface area (Å²) in [7, 11) is -3.35. The molecule has 0 aromatic rings. The maximum Gasteiger partial charge on any atom is 0.241 e. The monoisotopic (exact) mass is 357 g/mol. The Kier molecular flexibility index (Phi) is 5.15. The van der Waals surface area contributed by atoms with Gasteiger partial charge in [-0.25, -0.2) is 8.42 Å². The number of hydrogen-bond acceptors (Lipinski definition) is 4. The maximum absolute atomic E-state index is 12.7. The van der Waals surface area contributed by atoms with Crippen LogP contribution in [0.1, 0.15) is 38.5 Å². The molecule has 7 nitrogen and oxygen atoms in total. The van der Waals surface area contributed by atoms with Crippen molar-refractivity contribution in [2.75, 3.05) is 39.0 Å². The SMILES string of the molecule is CS(=O)(=O)N1CCCC1C(=O)N1CCN(C(=O)C2CCCC2)CC1. The lowest BCUT2D eigenvalue weighted by molar-refractivity contribution is -0.143. The summed E-state index contributed by atoms with van der Waals surface area (Å²) < 4.78 is 25.0. The van der Waals surface area contributed by atoms with E-state index < -0.39 is 16.1 Å². The molecular formula is C16H27N3O4S. The van der Waals surface area contributed by atoms with Gasteiger partial charge in [0, 0.05) is 38.6 Å². The van der Waals surface area contributed by atoms with E-state index in [1.807, 2.05) is 4.90 Å². The highest BCUT2D eigenvalue weighted by Crippen LogP contribution is 2.27. The Balaban J connectivity index is 1.56. The van der Waals surface area contributed by atoms with E-state index >= 15 is 0 Å². The summed E-state index contributed by atoms with van der Waals surface area (Å²) in [5, 5.41) is 0. The molecule has 3 aliphatic rings. The Morgan fingerprint density at radius 1 is 0.792 bits per heavy atom. The summed E-state index contributed by atoms with van der Waals surface area (Å²) in [5.41, 5.74) is 0. The number of nitrogens with zero attached hydrogens (tertiary/aromatic N) is 3. The molecule has 0 bridgehead atoms. The van der Waals surface area contributed by atoms with Crippen LogP contribution in [-0.4, -0.2) is 79.4 Å². The molecular weight excluding hydrogens is 330 g/mol. The molecule has 0 spiro atoms. The zero-order chi connectivity index (χ0) is 17.3. The molecule has 1 aliphatic carbocycles. The molecule has 0 aromatic carbocycles. The minimum atomic E-state index is -3.35. The second-order valence-electron chi connectivity index (χ2n) is 7.16. The van der Waals surface area contributed by atoms with Gasteiger partial charge < -0.3 is 9.80 Å². The molecule has 2 aliphatic heterocycles. The summed E-state index contributed by atoms with van der Waals surface area (Å²) in [4.78, 5) is 28.8. The minimum Gasteiger partial charge on any atom is -0.339 e. The van der Waals surface area contributed by atoms with Crippen LogP contribution in [0.25, 0.3) is 0 Å². The number of hydrogen-bond donors (Lipinski definition) is 0. The third-order valence-electron chi connectivity index (χ3n) is 5.52. The molecule has 0 N–H and O–H groups in total. The van der Waals surface area contributed by atoms with Crippen LogP contribution >= 0.6 is 0 Å². The predicted octanol–water partition coefficient (Wildman–Crippen LogP) is 0.271. The van der Waals surface area contributed by atoms with Gasteiger partial charge in [0.1, 0.15) is 6.04 Å². The van der Waals surface area contributed by atoms with Crippen LogP contribution in [0.2, 0.25) is 0 Å². The summed E-state index contributed by atoms with van der Waals surface area (Å²) >= 11 is 0. The molecule has 2 heterocycles. The van der Waals surface area contributed by atoms with E-state index in [9.17, 15) is 18.0 Å². The molecule has 1 unspecified atom stereocenters. The standard InChI is InChI=1S/C16H27N3O4S/c1-24(22,23)19-8-4-7-14(19)16(21)18-11-9-17(10-12-18)15(20)13-5-2-3-6-13/h13-14H,2-12H2,1H3. The molecule has 1 saturated carbocycles. The zero-order valence-electron chi connectivity index (χ0n) is 14.3. The summed E-state index contributed by atoms with van der Waals surface area (Å²) in [6, 6.07) is -0.558. The van der Waals surface area contributed by atoms with E-state index in [1.165, 1.54) is 4.31 Å². The average molecular weight is 357 g/mol. The number of sulfonamides is 1. The number of rotatable bonds is 3. The molecule has 24 heavy (non-hydrogen) atoms. The van der Waals surface area contributed by atoms with Gasteiger partial charge in [0.25, 0.3) is 0 Å². The molecule has 0 radical (unpaired) electrons. The van der Waals surface area contributed by atoms with Crippen molar-refractivity contribution < 1.29 is 18.0 Å². The summed E-state index contributed by atoms with van der Waals surface area (Å²) in [6.07, 6.45) is 6.73. The van der Waals surface area contributed by atoms with Gasteiger partial charge in [-0.3, -0.25) is 9.59 Å². The Morgan fingerprint density at radius 2 is 1.33 bits per heavy atom. The second kappa shape index (κ2) is 7.00. The van der Waals surface area contributed by atoms with Crippen molar-refractivity contribution in [1.29, 1.82) is 0 Å². The zero-order valence-corrected chi connectivity index (χ0v) is 15.1. The topological polar surface area (TPSA) is 78.0 Å². The van der Waals surface area contributed by atoms with Crippen LogP contribution in [0.3, 0.4) is 0 Å². The smallest absolute Gasteiger partial charge is 0.241 e. The third kappa shape index (κ3) is 3.59. The fourth-order valence-corrected chi connectivity index (χ4v) is 5.29. The summed E-state index contributed by atoms with van der Waals surface area (Å²) in [5.74, 6) is 0.298. The van der Waals surface area contributed by atoms with Gasteiger partial charge in [-0.1, -0.05) is 12.8 Å². The highest BCUT2D eigenvalue weighted by Gasteiger charge is 2.39. The number of carbonyl (C=O) groups excluding carboxylic acids is 2. The van der Waals surface area contributed by atoms with Gasteiger partial charge in [-0.05, 0) is 25.7 Å². The van der Waals surface area contributed by atoms with E-state index in [1.54, 1.807) is 4.90 Å². The van der Waals surface area contributed by atoms with Gasteiger partial charge in [-0.15, -0.1) is 0 Å². The first-order valence-electron chi connectivity index (χ1n) is 8.92. The van der Waals surface area contributed by atoms with Gasteiger partial charge in [0.05, 0.1) is 6.26 Å². The number of carbonyl (C=O) groups is 2. The summed E-state index contributed by atoms with van der Waals surface area (Å²) in [6.45, 7) is 2.56. The fourth-order valence-electron chi connectivity index (χ4n) is 4.17. The number of piperazine rings is 1. The largest absolute Gasteiger partial charge is 0.339 e. The predicted molar refractivity (Wildman–Crippen MR) is 89.7 cm³/mol. The normalized spacial score (nSPS) is 27.0. The van der Waals surface area contributed by atoms with Gasteiger partial charge in [-0.2, -0.15) is 4.31 Å². The van der Waals surface area contributed by atoms with Gasteiger partial charge in [0.15, 0.2) is 0 Å². The van der Waals surface area contributed by atoms with Crippen molar-refractivity contribution in [3.05, 3.63) is 0 Å². The van der Waals surface area contributed by atoms with Crippen LogP contribution in [-0.2, 0) is 19.6 Å². The molecule has 8 heteroatoms. The molecule has 2 amide bonds. The molecule has 3 fully saturated rings. The Bertz CT molecular complexity index is 592. The highest BCUT2D eigenvalue weighted by atomic mass is 32.2. The first-order valence-corrected chi connectivity index (χ1v) is 10.8. The molecule has 3 rings (SSSR count). The Morgan fingerprint density at radius 3 is 1.88 bits per heavy atom. The van der Waals surface area contributed by atoms with Crippen molar-refractivity contribution in [2.24, 2.45) is 5.92 Å². The maximum atomic E-state index is 12.7. The lowest BCUT2D eigenvalue weighted by atomic mass is 10.1. The molecule has 1 atom stereocenters. The van der Waals surface area contributed by atoms with Crippen LogP contribution in [0, 0.1) is 5.92 Å². The second-order valence-corrected chi connectivity index (χ2v) is 9.10. The molecule has 2 saturated heterocycles. The van der Waals surface area contributed by atoms with Crippen LogP contribution in [0.4, 0.5) is 0 Å². The van der Waals surface area contributed by atoms with E-state index in [0.29, 0.717) is 39.1 Å². The number of amides is 2. The van der Waals surface area contributed by atoms with Crippen LogP contribution < -0.4 is 0 Å². The molecule has 0 aromatic heterocycles. The molecule has 136 valence electrons. The highest BCUT2D eigenvalue weighted by molar-refractivity contribution is 7.88. The van der Waals surface area contributed by atoms with Gasteiger partial charge in [0.2, 0.25) is 21.8 Å². The average Bonchev–Trinajstić information content (AvgIpc) is 3.24. The first kappa shape index (κ1) is 17.7. The van der Waals surface area contributed by atoms with Crippen LogP contribution in [0.5, 0.6) is 0 Å². The van der Waals surface area contributed by atoms with Crippen molar-refractivity contribution >= 4 is 21.8 Å². The Hall–Kier alpha value is -1.15. The minimum absolute atomic E-state index is 0.106. The first-order chi connectivity index (χ1) is 11.4.